The number of carbonyl (C=O) groups excluding carboxylic acids is 1. The predicted octanol–water partition coefficient (Wildman–Crippen LogP) is 5.02. The SMILES string of the molecule is Cc1ccc(-n2nc(C)c3c(C)cc(OCC(=O)Nc4ccccc4Cl)nc32)cc1. The molecule has 30 heavy (non-hydrogen) atoms. The molecule has 1 N–H and O–H groups in total. The largest absolute Gasteiger partial charge is 0.467 e. The molecule has 6 nitrogen and oxygen atoms in total. The van der Waals surface area contributed by atoms with Crippen molar-refractivity contribution in [3.8, 4) is 11.6 Å². The highest BCUT2D eigenvalue weighted by atomic mass is 35.5. The summed E-state index contributed by atoms with van der Waals surface area (Å²) < 4.78 is 7.48. The predicted molar refractivity (Wildman–Crippen MR) is 119 cm³/mol. The second kappa shape index (κ2) is 8.16. The number of aryl methyl sites for hydroxylation is 3. The zero-order valence-corrected chi connectivity index (χ0v) is 17.7. The van der Waals surface area contributed by atoms with Gasteiger partial charge in [-0.2, -0.15) is 10.1 Å². The minimum absolute atomic E-state index is 0.180. The summed E-state index contributed by atoms with van der Waals surface area (Å²) in [6, 6.07) is 16.9. The van der Waals surface area contributed by atoms with E-state index < -0.39 is 0 Å². The van der Waals surface area contributed by atoms with E-state index in [1.165, 1.54) is 5.56 Å². The second-order valence-corrected chi connectivity index (χ2v) is 7.53. The Morgan fingerprint density at radius 2 is 1.83 bits per heavy atom. The van der Waals surface area contributed by atoms with E-state index in [1.807, 2.05) is 51.1 Å². The molecule has 0 saturated heterocycles. The van der Waals surface area contributed by atoms with Gasteiger partial charge in [-0.15, -0.1) is 0 Å². The third kappa shape index (κ3) is 4.00. The highest BCUT2D eigenvalue weighted by Crippen LogP contribution is 2.27. The molecule has 2 heterocycles. The second-order valence-electron chi connectivity index (χ2n) is 7.13. The fourth-order valence-corrected chi connectivity index (χ4v) is 3.49. The molecule has 0 fully saturated rings. The van der Waals surface area contributed by atoms with E-state index in [2.05, 4.69) is 15.4 Å². The van der Waals surface area contributed by atoms with Crippen molar-refractivity contribution in [1.29, 1.82) is 0 Å². The van der Waals surface area contributed by atoms with Gasteiger partial charge in [0.1, 0.15) is 0 Å². The van der Waals surface area contributed by atoms with Crippen LogP contribution < -0.4 is 10.1 Å². The lowest BCUT2D eigenvalue weighted by Crippen LogP contribution is -2.20. The topological polar surface area (TPSA) is 69.0 Å². The number of rotatable bonds is 5. The van der Waals surface area contributed by atoms with Gasteiger partial charge in [0.2, 0.25) is 5.88 Å². The van der Waals surface area contributed by atoms with Crippen LogP contribution in [-0.2, 0) is 4.79 Å². The minimum Gasteiger partial charge on any atom is -0.467 e. The Hall–Kier alpha value is -3.38. The quantitative estimate of drug-likeness (QED) is 0.492. The number of hydrogen-bond donors (Lipinski definition) is 1. The first-order chi connectivity index (χ1) is 14.4. The average Bonchev–Trinajstić information content (AvgIpc) is 3.06. The molecule has 0 atom stereocenters. The number of hydrogen-bond acceptors (Lipinski definition) is 4. The molecular formula is C23H21ClN4O2. The van der Waals surface area contributed by atoms with E-state index in [9.17, 15) is 4.79 Å². The Bertz CT molecular complexity index is 1230. The number of benzene rings is 2. The number of ether oxygens (including phenoxy) is 1. The van der Waals surface area contributed by atoms with Gasteiger partial charge in [0.05, 0.1) is 22.1 Å². The first-order valence-electron chi connectivity index (χ1n) is 9.53. The smallest absolute Gasteiger partial charge is 0.262 e. The Morgan fingerprint density at radius 1 is 1.10 bits per heavy atom. The van der Waals surface area contributed by atoms with Gasteiger partial charge in [0.15, 0.2) is 12.3 Å². The maximum absolute atomic E-state index is 12.3. The number of amides is 1. The van der Waals surface area contributed by atoms with Crippen molar-refractivity contribution in [2.45, 2.75) is 20.8 Å². The van der Waals surface area contributed by atoms with Crippen LogP contribution in [0.3, 0.4) is 0 Å². The van der Waals surface area contributed by atoms with E-state index in [1.54, 1.807) is 28.9 Å². The molecule has 0 bridgehead atoms. The molecule has 0 saturated carbocycles. The Kier molecular flexibility index (Phi) is 5.42. The van der Waals surface area contributed by atoms with Crippen molar-refractivity contribution in [3.63, 3.8) is 0 Å². The lowest BCUT2D eigenvalue weighted by atomic mass is 10.1. The number of pyridine rings is 1. The Labute approximate surface area is 179 Å². The normalized spacial score (nSPS) is 10.9. The van der Waals surface area contributed by atoms with Crippen molar-refractivity contribution >= 4 is 34.2 Å². The van der Waals surface area contributed by atoms with Gasteiger partial charge in [0, 0.05) is 11.5 Å². The third-order valence-corrected chi connectivity index (χ3v) is 5.09. The van der Waals surface area contributed by atoms with Crippen LogP contribution in [-0.4, -0.2) is 27.3 Å². The number of para-hydroxylation sites is 1. The molecular weight excluding hydrogens is 400 g/mol. The zero-order valence-electron chi connectivity index (χ0n) is 16.9. The summed E-state index contributed by atoms with van der Waals surface area (Å²) in [6.07, 6.45) is 0. The summed E-state index contributed by atoms with van der Waals surface area (Å²) in [4.78, 5) is 16.9. The fraction of sp³-hybridized carbons (Fsp3) is 0.174. The summed E-state index contributed by atoms with van der Waals surface area (Å²) in [6.45, 7) is 5.80. The molecule has 4 rings (SSSR count). The molecule has 2 aromatic carbocycles. The van der Waals surface area contributed by atoms with Crippen LogP contribution in [0.25, 0.3) is 16.7 Å². The molecule has 1 amide bonds. The average molecular weight is 421 g/mol. The maximum atomic E-state index is 12.3. The molecule has 4 aromatic rings. The van der Waals surface area contributed by atoms with E-state index in [4.69, 9.17) is 16.3 Å². The lowest BCUT2D eigenvalue weighted by molar-refractivity contribution is -0.118. The maximum Gasteiger partial charge on any atom is 0.262 e. The van der Waals surface area contributed by atoms with Crippen molar-refractivity contribution in [2.24, 2.45) is 0 Å². The molecule has 0 aliphatic heterocycles. The standard InChI is InChI=1S/C23H21ClN4O2/c1-14-8-10-17(11-9-14)28-23-22(16(3)27-28)15(2)12-21(26-23)30-13-20(29)25-19-7-5-4-6-18(19)24/h4-12H,13H2,1-3H3,(H,25,29). The van der Waals surface area contributed by atoms with E-state index >= 15 is 0 Å². The molecule has 0 aliphatic rings. The van der Waals surface area contributed by atoms with Crippen LogP contribution in [0, 0.1) is 20.8 Å². The number of anilines is 1. The monoisotopic (exact) mass is 420 g/mol. The first-order valence-corrected chi connectivity index (χ1v) is 9.91. The summed E-state index contributed by atoms with van der Waals surface area (Å²) in [7, 11) is 0. The van der Waals surface area contributed by atoms with Crippen molar-refractivity contribution in [1.82, 2.24) is 14.8 Å². The van der Waals surface area contributed by atoms with E-state index in [0.29, 0.717) is 22.2 Å². The van der Waals surface area contributed by atoms with Crippen LogP contribution >= 0.6 is 11.6 Å². The van der Waals surface area contributed by atoms with E-state index in [0.717, 1.165) is 22.3 Å². The highest BCUT2D eigenvalue weighted by Gasteiger charge is 2.15. The summed E-state index contributed by atoms with van der Waals surface area (Å²) in [5, 5.41) is 8.84. The van der Waals surface area contributed by atoms with Gasteiger partial charge in [-0.1, -0.05) is 41.4 Å². The van der Waals surface area contributed by atoms with Crippen LogP contribution in [0.5, 0.6) is 5.88 Å². The zero-order chi connectivity index (χ0) is 21.3. The number of nitrogens with zero attached hydrogens (tertiary/aromatic N) is 3. The first kappa shape index (κ1) is 19.9. The van der Waals surface area contributed by atoms with Crippen molar-refractivity contribution in [2.75, 3.05) is 11.9 Å². The number of aromatic nitrogens is 3. The van der Waals surface area contributed by atoms with Crippen molar-refractivity contribution in [3.05, 3.63) is 76.4 Å². The molecule has 7 heteroatoms. The molecule has 2 aromatic heterocycles. The third-order valence-electron chi connectivity index (χ3n) is 4.76. The van der Waals surface area contributed by atoms with Crippen LogP contribution in [0.1, 0.15) is 16.8 Å². The van der Waals surface area contributed by atoms with Crippen LogP contribution in [0.2, 0.25) is 5.02 Å². The summed E-state index contributed by atoms with van der Waals surface area (Å²) >= 11 is 6.08. The van der Waals surface area contributed by atoms with Crippen LogP contribution in [0.15, 0.2) is 54.6 Å². The highest BCUT2D eigenvalue weighted by molar-refractivity contribution is 6.33. The molecule has 0 unspecified atom stereocenters. The number of carbonyl (C=O) groups is 1. The number of halogens is 1. The molecule has 0 radical (unpaired) electrons. The number of fused-ring (bicyclic) bond motifs is 1. The minimum atomic E-state index is -0.314. The van der Waals surface area contributed by atoms with Gasteiger partial charge in [-0.3, -0.25) is 4.79 Å². The van der Waals surface area contributed by atoms with Gasteiger partial charge in [-0.05, 0) is 50.6 Å². The fourth-order valence-electron chi connectivity index (χ4n) is 3.30. The lowest BCUT2D eigenvalue weighted by Gasteiger charge is -2.10. The van der Waals surface area contributed by atoms with Crippen LogP contribution in [0.4, 0.5) is 5.69 Å². The van der Waals surface area contributed by atoms with Gasteiger partial charge >= 0.3 is 0 Å². The molecule has 0 aliphatic carbocycles. The van der Waals surface area contributed by atoms with Crippen molar-refractivity contribution < 1.29 is 9.53 Å². The molecule has 0 spiro atoms. The summed E-state index contributed by atoms with van der Waals surface area (Å²) in [5.74, 6) is 0.0495. The number of nitrogens with one attached hydrogen (secondary N) is 1. The Balaban J connectivity index is 1.59. The van der Waals surface area contributed by atoms with Gasteiger partial charge in [0.25, 0.3) is 5.91 Å². The molecule has 152 valence electrons. The van der Waals surface area contributed by atoms with Gasteiger partial charge < -0.3 is 10.1 Å². The summed E-state index contributed by atoms with van der Waals surface area (Å²) in [5.41, 5.74) is 5.19. The van der Waals surface area contributed by atoms with Gasteiger partial charge in [-0.25, -0.2) is 4.68 Å². The van der Waals surface area contributed by atoms with E-state index in [-0.39, 0.29) is 12.5 Å². The Morgan fingerprint density at radius 3 is 2.57 bits per heavy atom.